The Morgan fingerprint density at radius 3 is 2.80 bits per heavy atom. The third-order valence-corrected chi connectivity index (χ3v) is 2.43. The van der Waals surface area contributed by atoms with Crippen molar-refractivity contribution in [2.24, 2.45) is 5.73 Å². The first-order valence-electron chi connectivity index (χ1n) is 4.71. The fourth-order valence-electron chi connectivity index (χ4n) is 1.86. The predicted octanol–water partition coefficient (Wildman–Crippen LogP) is 1.64. The van der Waals surface area contributed by atoms with Gasteiger partial charge < -0.3 is 10.5 Å². The number of amides is 1. The molecule has 1 aliphatic heterocycles. The number of carbonyl (C=O) groups is 1. The number of fused-ring (bicyclic) bond motifs is 1. The normalized spacial score (nSPS) is 17.0. The van der Waals surface area contributed by atoms with E-state index in [0.717, 1.165) is 5.56 Å². The van der Waals surface area contributed by atoms with Crippen molar-refractivity contribution in [3.63, 3.8) is 0 Å². The molecule has 1 aliphatic rings. The first-order chi connectivity index (χ1) is 6.91. The monoisotopic (exact) mass is 209 g/mol. The summed E-state index contributed by atoms with van der Waals surface area (Å²) in [5, 5.41) is 0. The number of ether oxygens (including phenoxy) is 1. The lowest BCUT2D eigenvalue weighted by Gasteiger charge is -2.17. The van der Waals surface area contributed by atoms with E-state index < -0.39 is 17.3 Å². The highest BCUT2D eigenvalue weighted by Gasteiger charge is 2.34. The van der Waals surface area contributed by atoms with Crippen molar-refractivity contribution in [2.45, 2.75) is 25.9 Å². The molecule has 2 rings (SSSR count). The van der Waals surface area contributed by atoms with Crippen molar-refractivity contribution in [3.05, 3.63) is 29.1 Å². The van der Waals surface area contributed by atoms with Crippen molar-refractivity contribution in [1.29, 1.82) is 0 Å². The minimum Gasteiger partial charge on any atom is -0.486 e. The molecule has 2 N–H and O–H groups in total. The van der Waals surface area contributed by atoms with Gasteiger partial charge in [0, 0.05) is 6.42 Å². The lowest BCUT2D eigenvalue weighted by atomic mass is 10.0. The van der Waals surface area contributed by atoms with Gasteiger partial charge in [0.1, 0.15) is 22.7 Å². The van der Waals surface area contributed by atoms with Gasteiger partial charge in [-0.05, 0) is 25.5 Å². The Balaban J connectivity index is 2.60. The second kappa shape index (κ2) is 2.95. The maximum absolute atomic E-state index is 13.4. The fraction of sp³-hybridized carbons (Fsp3) is 0.364. The summed E-state index contributed by atoms with van der Waals surface area (Å²) < 4.78 is 18.9. The Morgan fingerprint density at radius 2 is 2.20 bits per heavy atom. The van der Waals surface area contributed by atoms with E-state index in [1.54, 1.807) is 6.07 Å². The molecule has 15 heavy (non-hydrogen) atoms. The first-order valence-corrected chi connectivity index (χ1v) is 4.71. The van der Waals surface area contributed by atoms with Crippen LogP contribution in [0.4, 0.5) is 4.39 Å². The molecule has 0 saturated heterocycles. The van der Waals surface area contributed by atoms with E-state index in [2.05, 4.69) is 0 Å². The average molecular weight is 209 g/mol. The minimum atomic E-state index is -0.790. The molecule has 0 atom stereocenters. The van der Waals surface area contributed by atoms with Crippen LogP contribution in [0.25, 0.3) is 0 Å². The molecule has 1 aromatic rings. The lowest BCUT2D eigenvalue weighted by Crippen LogP contribution is -2.25. The van der Waals surface area contributed by atoms with Crippen LogP contribution in [0.5, 0.6) is 5.75 Å². The zero-order valence-corrected chi connectivity index (χ0v) is 8.63. The molecule has 0 unspecified atom stereocenters. The number of primary amides is 1. The maximum atomic E-state index is 13.4. The summed E-state index contributed by atoms with van der Waals surface area (Å²) in [5.41, 5.74) is 5.40. The Hall–Kier alpha value is -1.58. The number of hydrogen-bond acceptors (Lipinski definition) is 2. The van der Waals surface area contributed by atoms with Gasteiger partial charge in [0.15, 0.2) is 0 Å². The summed E-state index contributed by atoms with van der Waals surface area (Å²) in [6, 6.07) is 2.88. The van der Waals surface area contributed by atoms with E-state index in [-0.39, 0.29) is 5.56 Å². The topological polar surface area (TPSA) is 52.3 Å². The Bertz CT molecular complexity index is 440. The van der Waals surface area contributed by atoms with Crippen molar-refractivity contribution < 1.29 is 13.9 Å². The number of halogens is 1. The second-order valence-corrected chi connectivity index (χ2v) is 4.31. The molecule has 80 valence electrons. The molecule has 3 nitrogen and oxygen atoms in total. The third kappa shape index (κ3) is 1.56. The van der Waals surface area contributed by atoms with Crippen LogP contribution in [-0.4, -0.2) is 11.5 Å². The van der Waals surface area contributed by atoms with E-state index in [4.69, 9.17) is 10.5 Å². The summed E-state index contributed by atoms with van der Waals surface area (Å²) in [5.74, 6) is -1.12. The number of benzene rings is 1. The smallest absolute Gasteiger partial charge is 0.255 e. The molecule has 4 heteroatoms. The maximum Gasteiger partial charge on any atom is 0.255 e. The highest BCUT2D eigenvalue weighted by molar-refractivity contribution is 5.96. The highest BCUT2D eigenvalue weighted by Crippen LogP contribution is 2.38. The van der Waals surface area contributed by atoms with Gasteiger partial charge in [0.05, 0.1) is 0 Å². The van der Waals surface area contributed by atoms with Gasteiger partial charge in [-0.1, -0.05) is 6.07 Å². The predicted molar refractivity (Wildman–Crippen MR) is 53.3 cm³/mol. The van der Waals surface area contributed by atoms with E-state index >= 15 is 0 Å². The van der Waals surface area contributed by atoms with Gasteiger partial charge in [-0.25, -0.2) is 4.39 Å². The van der Waals surface area contributed by atoms with Crippen LogP contribution in [0.2, 0.25) is 0 Å². The zero-order chi connectivity index (χ0) is 11.2. The molecule has 1 aromatic carbocycles. The molecule has 1 amide bonds. The third-order valence-electron chi connectivity index (χ3n) is 2.43. The molecule has 0 radical (unpaired) electrons. The summed E-state index contributed by atoms with van der Waals surface area (Å²) in [7, 11) is 0. The molecule has 0 saturated carbocycles. The molecule has 0 spiro atoms. The summed E-state index contributed by atoms with van der Waals surface area (Å²) in [4.78, 5) is 11.1. The van der Waals surface area contributed by atoms with E-state index in [1.807, 2.05) is 13.8 Å². The quantitative estimate of drug-likeness (QED) is 0.764. The van der Waals surface area contributed by atoms with Crippen molar-refractivity contribution in [2.75, 3.05) is 0 Å². The fourth-order valence-corrected chi connectivity index (χ4v) is 1.86. The molecule has 0 fully saturated rings. The van der Waals surface area contributed by atoms with Crippen LogP contribution in [-0.2, 0) is 6.42 Å². The van der Waals surface area contributed by atoms with Crippen LogP contribution >= 0.6 is 0 Å². The standard InChI is InChI=1S/C11H12FNO2/c1-11(2)5-6-3-4-7(12)8(10(13)14)9(6)15-11/h3-4H,5H2,1-2H3,(H2,13,14). The second-order valence-electron chi connectivity index (χ2n) is 4.31. The van der Waals surface area contributed by atoms with E-state index in [0.29, 0.717) is 12.2 Å². The van der Waals surface area contributed by atoms with Crippen molar-refractivity contribution in [3.8, 4) is 5.75 Å². The summed E-state index contributed by atoms with van der Waals surface area (Å²) in [6.45, 7) is 3.77. The zero-order valence-electron chi connectivity index (χ0n) is 8.63. The van der Waals surface area contributed by atoms with Gasteiger partial charge in [0.25, 0.3) is 5.91 Å². The molecular weight excluding hydrogens is 197 g/mol. The number of rotatable bonds is 1. The van der Waals surface area contributed by atoms with Crippen molar-refractivity contribution >= 4 is 5.91 Å². The largest absolute Gasteiger partial charge is 0.486 e. The Morgan fingerprint density at radius 1 is 1.53 bits per heavy atom. The number of hydrogen-bond donors (Lipinski definition) is 1. The number of nitrogens with two attached hydrogens (primary N) is 1. The van der Waals surface area contributed by atoms with Gasteiger partial charge in [0.2, 0.25) is 0 Å². The number of carbonyl (C=O) groups excluding carboxylic acids is 1. The highest BCUT2D eigenvalue weighted by atomic mass is 19.1. The first kappa shape index (κ1) is 9.96. The van der Waals surface area contributed by atoms with E-state index in [1.165, 1.54) is 6.07 Å². The summed E-state index contributed by atoms with van der Waals surface area (Å²) in [6.07, 6.45) is 0.656. The lowest BCUT2D eigenvalue weighted by molar-refractivity contribution is 0.0980. The average Bonchev–Trinajstić information content (AvgIpc) is 2.37. The molecule has 0 aromatic heterocycles. The molecule has 0 aliphatic carbocycles. The van der Waals surface area contributed by atoms with Crippen LogP contribution in [0.1, 0.15) is 29.8 Å². The van der Waals surface area contributed by atoms with Crippen LogP contribution in [0, 0.1) is 5.82 Å². The van der Waals surface area contributed by atoms with Crippen LogP contribution in [0.3, 0.4) is 0 Å². The van der Waals surface area contributed by atoms with Gasteiger partial charge >= 0.3 is 0 Å². The summed E-state index contributed by atoms with van der Waals surface area (Å²) >= 11 is 0. The van der Waals surface area contributed by atoms with Crippen molar-refractivity contribution in [1.82, 2.24) is 0 Å². The van der Waals surface area contributed by atoms with Gasteiger partial charge in [-0.15, -0.1) is 0 Å². The Labute approximate surface area is 87.0 Å². The molecule has 0 bridgehead atoms. The molecule has 1 heterocycles. The SMILES string of the molecule is CC1(C)Cc2ccc(F)c(C(N)=O)c2O1. The van der Waals surface area contributed by atoms with E-state index in [9.17, 15) is 9.18 Å². The molecular formula is C11H12FNO2. The minimum absolute atomic E-state index is 0.141. The van der Waals surface area contributed by atoms with Gasteiger partial charge in [-0.3, -0.25) is 4.79 Å². The van der Waals surface area contributed by atoms with Gasteiger partial charge in [-0.2, -0.15) is 0 Å². The van der Waals surface area contributed by atoms with Crippen LogP contribution < -0.4 is 10.5 Å². The Kier molecular flexibility index (Phi) is 1.96. The van der Waals surface area contributed by atoms with Crippen LogP contribution in [0.15, 0.2) is 12.1 Å².